The first-order valence-corrected chi connectivity index (χ1v) is 5.03. The van der Waals surface area contributed by atoms with Crippen LogP contribution in [0.25, 0.3) is 0 Å². The molecular formula is C12H15FO3. The SMILES string of the molecule is CCC(OC)(C(=O)O)c1ccc(F)c(C)c1. The molecular weight excluding hydrogens is 211 g/mol. The van der Waals surface area contributed by atoms with Crippen LogP contribution in [0.3, 0.4) is 0 Å². The van der Waals surface area contributed by atoms with Gasteiger partial charge in [0.05, 0.1) is 0 Å². The summed E-state index contributed by atoms with van der Waals surface area (Å²) in [6, 6.07) is 4.22. The van der Waals surface area contributed by atoms with Gasteiger partial charge in [-0.05, 0) is 36.6 Å². The second-order valence-corrected chi connectivity index (χ2v) is 3.65. The molecule has 0 aliphatic heterocycles. The Kier molecular flexibility index (Phi) is 3.65. The Morgan fingerprint density at radius 1 is 1.56 bits per heavy atom. The van der Waals surface area contributed by atoms with Crippen molar-refractivity contribution in [3.63, 3.8) is 0 Å². The van der Waals surface area contributed by atoms with Crippen LogP contribution in [0, 0.1) is 12.7 Å². The highest BCUT2D eigenvalue weighted by atomic mass is 19.1. The van der Waals surface area contributed by atoms with Gasteiger partial charge in [-0.1, -0.05) is 13.0 Å². The topological polar surface area (TPSA) is 46.5 Å². The molecule has 1 atom stereocenters. The quantitative estimate of drug-likeness (QED) is 0.857. The van der Waals surface area contributed by atoms with E-state index in [9.17, 15) is 14.3 Å². The molecule has 0 saturated heterocycles. The third-order valence-corrected chi connectivity index (χ3v) is 2.82. The minimum absolute atomic E-state index is 0.282. The molecule has 4 heteroatoms. The highest BCUT2D eigenvalue weighted by Gasteiger charge is 2.39. The number of aliphatic carboxylic acids is 1. The summed E-state index contributed by atoms with van der Waals surface area (Å²) in [7, 11) is 1.34. The second kappa shape index (κ2) is 4.61. The van der Waals surface area contributed by atoms with Crippen molar-refractivity contribution in [2.24, 2.45) is 0 Å². The predicted octanol–water partition coefficient (Wildman–Crippen LogP) is 2.47. The first kappa shape index (κ1) is 12.6. The lowest BCUT2D eigenvalue weighted by molar-refractivity contribution is -0.164. The Balaban J connectivity index is 3.31. The van der Waals surface area contributed by atoms with Crippen molar-refractivity contribution in [3.8, 4) is 0 Å². The van der Waals surface area contributed by atoms with Gasteiger partial charge in [0.2, 0.25) is 0 Å². The van der Waals surface area contributed by atoms with Gasteiger partial charge in [0, 0.05) is 7.11 Å². The van der Waals surface area contributed by atoms with Gasteiger partial charge in [-0.3, -0.25) is 0 Å². The molecule has 0 aromatic heterocycles. The van der Waals surface area contributed by atoms with E-state index in [1.165, 1.54) is 25.3 Å². The molecule has 1 N–H and O–H groups in total. The third kappa shape index (κ3) is 1.93. The summed E-state index contributed by atoms with van der Waals surface area (Å²) in [5.74, 6) is -1.42. The van der Waals surface area contributed by atoms with Crippen molar-refractivity contribution < 1.29 is 19.0 Å². The number of rotatable bonds is 4. The summed E-state index contributed by atoms with van der Waals surface area (Å²) in [4.78, 5) is 11.3. The molecule has 0 aliphatic carbocycles. The molecule has 1 rings (SSSR count). The minimum atomic E-state index is -1.39. The second-order valence-electron chi connectivity index (χ2n) is 3.65. The van der Waals surface area contributed by atoms with Crippen molar-refractivity contribution in [1.29, 1.82) is 0 Å². The van der Waals surface area contributed by atoms with Crippen LogP contribution in [0.1, 0.15) is 24.5 Å². The number of ether oxygens (including phenoxy) is 1. The fraction of sp³-hybridized carbons (Fsp3) is 0.417. The van der Waals surface area contributed by atoms with Crippen molar-refractivity contribution in [2.75, 3.05) is 7.11 Å². The Morgan fingerprint density at radius 2 is 2.19 bits per heavy atom. The summed E-state index contributed by atoms with van der Waals surface area (Å²) in [6.07, 6.45) is 0.282. The fourth-order valence-corrected chi connectivity index (χ4v) is 1.72. The van der Waals surface area contributed by atoms with E-state index in [1.54, 1.807) is 13.8 Å². The third-order valence-electron chi connectivity index (χ3n) is 2.82. The zero-order chi connectivity index (χ0) is 12.3. The molecule has 0 heterocycles. The van der Waals surface area contributed by atoms with E-state index in [2.05, 4.69) is 0 Å². The highest BCUT2D eigenvalue weighted by molar-refractivity contribution is 5.79. The van der Waals surface area contributed by atoms with E-state index < -0.39 is 11.6 Å². The highest BCUT2D eigenvalue weighted by Crippen LogP contribution is 2.30. The molecule has 16 heavy (non-hydrogen) atoms. The number of hydrogen-bond donors (Lipinski definition) is 1. The average Bonchev–Trinajstić information content (AvgIpc) is 2.25. The Morgan fingerprint density at radius 3 is 2.56 bits per heavy atom. The minimum Gasteiger partial charge on any atom is -0.479 e. The number of benzene rings is 1. The lowest BCUT2D eigenvalue weighted by atomic mass is 9.90. The van der Waals surface area contributed by atoms with Crippen LogP contribution in [0.4, 0.5) is 4.39 Å². The maximum absolute atomic E-state index is 13.1. The molecule has 1 aromatic carbocycles. The first-order chi connectivity index (χ1) is 7.47. The largest absolute Gasteiger partial charge is 0.479 e. The van der Waals surface area contributed by atoms with Crippen molar-refractivity contribution in [1.82, 2.24) is 0 Å². The first-order valence-electron chi connectivity index (χ1n) is 5.03. The number of methoxy groups -OCH3 is 1. The molecule has 0 saturated carbocycles. The Labute approximate surface area is 93.9 Å². The molecule has 0 radical (unpaired) electrons. The lowest BCUT2D eigenvalue weighted by Gasteiger charge is -2.27. The van der Waals surface area contributed by atoms with Gasteiger partial charge in [-0.15, -0.1) is 0 Å². The molecule has 0 aliphatic rings. The van der Waals surface area contributed by atoms with Crippen LogP contribution in [0.2, 0.25) is 0 Å². The van der Waals surface area contributed by atoms with Crippen LogP contribution in [0.15, 0.2) is 18.2 Å². The molecule has 1 unspecified atom stereocenters. The molecule has 0 bridgehead atoms. The van der Waals surface area contributed by atoms with E-state index in [4.69, 9.17) is 4.74 Å². The maximum Gasteiger partial charge on any atom is 0.340 e. The smallest absolute Gasteiger partial charge is 0.340 e. The van der Waals surface area contributed by atoms with Crippen LogP contribution < -0.4 is 0 Å². The van der Waals surface area contributed by atoms with E-state index in [1.807, 2.05) is 0 Å². The molecule has 0 spiro atoms. The van der Waals surface area contributed by atoms with Crippen LogP contribution in [0.5, 0.6) is 0 Å². The molecule has 3 nitrogen and oxygen atoms in total. The van der Waals surface area contributed by atoms with Gasteiger partial charge in [-0.25, -0.2) is 9.18 Å². The summed E-state index contributed by atoms with van der Waals surface area (Å²) in [5.41, 5.74) is -0.518. The van der Waals surface area contributed by atoms with Gasteiger partial charge in [-0.2, -0.15) is 0 Å². The number of hydrogen-bond acceptors (Lipinski definition) is 2. The summed E-state index contributed by atoms with van der Waals surface area (Å²) >= 11 is 0. The van der Waals surface area contributed by atoms with Crippen molar-refractivity contribution in [2.45, 2.75) is 25.9 Å². The van der Waals surface area contributed by atoms with E-state index in [0.717, 1.165) is 0 Å². The monoisotopic (exact) mass is 226 g/mol. The zero-order valence-electron chi connectivity index (χ0n) is 9.58. The number of halogens is 1. The number of carboxylic acids is 1. The lowest BCUT2D eigenvalue weighted by Crippen LogP contribution is -2.37. The van der Waals surface area contributed by atoms with Crippen LogP contribution in [-0.4, -0.2) is 18.2 Å². The number of carboxylic acid groups (broad SMARTS) is 1. The van der Waals surface area contributed by atoms with Gasteiger partial charge in [0.25, 0.3) is 0 Å². The molecule has 1 aromatic rings. The normalized spacial score (nSPS) is 14.5. The van der Waals surface area contributed by atoms with Gasteiger partial charge in [0.15, 0.2) is 5.60 Å². The molecule has 0 fully saturated rings. The van der Waals surface area contributed by atoms with Crippen molar-refractivity contribution >= 4 is 5.97 Å². The zero-order valence-corrected chi connectivity index (χ0v) is 9.58. The fourth-order valence-electron chi connectivity index (χ4n) is 1.72. The van der Waals surface area contributed by atoms with E-state index in [-0.39, 0.29) is 12.2 Å². The standard InChI is InChI=1S/C12H15FO3/c1-4-12(16-3,11(14)15)9-5-6-10(13)8(2)7-9/h5-7H,4H2,1-3H3,(H,14,15). The van der Waals surface area contributed by atoms with Crippen LogP contribution >= 0.6 is 0 Å². The van der Waals surface area contributed by atoms with E-state index >= 15 is 0 Å². The predicted molar refractivity (Wildman–Crippen MR) is 57.8 cm³/mol. The Bertz CT molecular complexity index is 397. The molecule has 0 amide bonds. The summed E-state index contributed by atoms with van der Waals surface area (Å²) < 4.78 is 18.2. The van der Waals surface area contributed by atoms with Gasteiger partial charge < -0.3 is 9.84 Å². The van der Waals surface area contributed by atoms with Gasteiger partial charge in [0.1, 0.15) is 5.82 Å². The average molecular weight is 226 g/mol. The Hall–Kier alpha value is -1.42. The van der Waals surface area contributed by atoms with Gasteiger partial charge >= 0.3 is 5.97 Å². The molecule has 88 valence electrons. The van der Waals surface area contributed by atoms with E-state index in [0.29, 0.717) is 11.1 Å². The summed E-state index contributed by atoms with van der Waals surface area (Å²) in [6.45, 7) is 3.31. The van der Waals surface area contributed by atoms with Crippen LogP contribution in [-0.2, 0) is 15.1 Å². The maximum atomic E-state index is 13.1. The van der Waals surface area contributed by atoms with Crippen molar-refractivity contribution in [3.05, 3.63) is 35.1 Å². The summed E-state index contributed by atoms with van der Waals surface area (Å²) in [5, 5.41) is 9.22. The number of aryl methyl sites for hydroxylation is 1. The number of carbonyl (C=O) groups is 1.